The van der Waals surface area contributed by atoms with Gasteiger partial charge in [0.15, 0.2) is 11.5 Å². The maximum Gasteiger partial charge on any atom is 0.253 e. The lowest BCUT2D eigenvalue weighted by atomic mass is 9.96. The summed E-state index contributed by atoms with van der Waals surface area (Å²) in [6.45, 7) is 3.70. The molecule has 1 fully saturated rings. The Morgan fingerprint density at radius 3 is 3.00 bits per heavy atom. The molecule has 0 saturated carbocycles. The van der Waals surface area contributed by atoms with Crippen LogP contribution < -0.4 is 15.2 Å². The van der Waals surface area contributed by atoms with Crippen molar-refractivity contribution >= 4 is 17.9 Å². The van der Waals surface area contributed by atoms with Crippen LogP contribution in [0, 0.1) is 5.92 Å². The van der Waals surface area contributed by atoms with Crippen molar-refractivity contribution in [1.29, 1.82) is 0 Å². The molecular weight excluding hydrogens is 308 g/mol. The number of carbonyl (C=O) groups excluding carboxylic acids is 2. The van der Waals surface area contributed by atoms with Crippen molar-refractivity contribution < 1.29 is 19.1 Å². The molecule has 1 saturated heterocycles. The van der Waals surface area contributed by atoms with Crippen molar-refractivity contribution in [2.75, 3.05) is 26.3 Å². The average Bonchev–Trinajstić information content (AvgIpc) is 2.61. The van der Waals surface area contributed by atoms with Crippen LogP contribution in [0.5, 0.6) is 11.5 Å². The highest BCUT2D eigenvalue weighted by atomic mass is 16.5. The molecule has 2 heterocycles. The molecule has 0 aliphatic carbocycles. The van der Waals surface area contributed by atoms with Crippen molar-refractivity contribution in [3.8, 4) is 11.5 Å². The van der Waals surface area contributed by atoms with E-state index in [1.807, 2.05) is 31.2 Å². The number of nitrogens with two attached hydrogens (primary N) is 1. The largest absolute Gasteiger partial charge is 0.490 e. The first-order valence-corrected chi connectivity index (χ1v) is 8.28. The number of amides is 2. The van der Waals surface area contributed by atoms with Crippen LogP contribution >= 0.6 is 0 Å². The van der Waals surface area contributed by atoms with E-state index in [-0.39, 0.29) is 24.3 Å². The molecule has 128 valence electrons. The number of rotatable bonds is 4. The molecule has 0 unspecified atom stereocenters. The van der Waals surface area contributed by atoms with E-state index < -0.39 is 0 Å². The second kappa shape index (κ2) is 6.95. The summed E-state index contributed by atoms with van der Waals surface area (Å²) in [5, 5.41) is 0. The van der Waals surface area contributed by atoms with Crippen LogP contribution in [0.1, 0.15) is 25.3 Å². The van der Waals surface area contributed by atoms with Gasteiger partial charge in [0, 0.05) is 18.7 Å². The van der Waals surface area contributed by atoms with Crippen molar-refractivity contribution in [1.82, 2.24) is 4.90 Å². The standard InChI is InChI=1S/C18H22N2O4/c1-2-23-15-7-3-5-12-9-14(11-24-16(12)15)18(22)20-8-4-6-13(10-20)17(19)21/h3,5,7,9,13H,2,4,6,8,10-11H2,1H3,(H2,19,21)/t13-/m0/s1. The van der Waals surface area contributed by atoms with E-state index in [0.717, 1.165) is 18.4 Å². The van der Waals surface area contributed by atoms with Crippen LogP contribution in [0.3, 0.4) is 0 Å². The van der Waals surface area contributed by atoms with Gasteiger partial charge in [0.05, 0.1) is 18.1 Å². The van der Waals surface area contributed by atoms with Gasteiger partial charge in [-0.25, -0.2) is 0 Å². The Kier molecular flexibility index (Phi) is 4.74. The van der Waals surface area contributed by atoms with Crippen molar-refractivity contribution in [3.05, 3.63) is 29.3 Å². The van der Waals surface area contributed by atoms with Crippen LogP contribution in [0.15, 0.2) is 23.8 Å². The third-order valence-electron chi connectivity index (χ3n) is 4.40. The number of hydrogen-bond donors (Lipinski definition) is 1. The molecule has 1 atom stereocenters. The van der Waals surface area contributed by atoms with Gasteiger partial charge in [0.25, 0.3) is 5.91 Å². The number of benzene rings is 1. The van der Waals surface area contributed by atoms with Gasteiger partial charge in [-0.3, -0.25) is 9.59 Å². The van der Waals surface area contributed by atoms with E-state index in [2.05, 4.69) is 0 Å². The Labute approximate surface area is 141 Å². The monoisotopic (exact) mass is 330 g/mol. The van der Waals surface area contributed by atoms with Crippen LogP contribution in [0.4, 0.5) is 0 Å². The minimum absolute atomic E-state index is 0.0894. The molecule has 24 heavy (non-hydrogen) atoms. The Balaban J connectivity index is 1.79. The maximum absolute atomic E-state index is 12.7. The average molecular weight is 330 g/mol. The van der Waals surface area contributed by atoms with Crippen LogP contribution in [-0.2, 0) is 9.59 Å². The van der Waals surface area contributed by atoms with Gasteiger partial charge in [0.2, 0.25) is 5.91 Å². The van der Waals surface area contributed by atoms with Gasteiger partial charge in [-0.05, 0) is 31.9 Å². The van der Waals surface area contributed by atoms with Crippen LogP contribution in [0.25, 0.3) is 6.08 Å². The summed E-state index contributed by atoms with van der Waals surface area (Å²) in [7, 11) is 0. The second-order valence-corrected chi connectivity index (χ2v) is 6.06. The predicted octanol–water partition coefficient (Wildman–Crippen LogP) is 1.58. The molecule has 3 rings (SSSR count). The minimum atomic E-state index is -0.340. The van der Waals surface area contributed by atoms with Crippen molar-refractivity contribution in [2.24, 2.45) is 11.7 Å². The van der Waals surface area contributed by atoms with Gasteiger partial charge in [0.1, 0.15) is 6.61 Å². The number of nitrogens with zero attached hydrogens (tertiary/aromatic N) is 1. The van der Waals surface area contributed by atoms with E-state index in [9.17, 15) is 9.59 Å². The smallest absolute Gasteiger partial charge is 0.253 e. The van der Waals surface area contributed by atoms with Gasteiger partial charge in [-0.15, -0.1) is 0 Å². The van der Waals surface area contributed by atoms with E-state index in [4.69, 9.17) is 15.2 Å². The highest BCUT2D eigenvalue weighted by Gasteiger charge is 2.30. The lowest BCUT2D eigenvalue weighted by Crippen LogP contribution is -2.45. The highest BCUT2D eigenvalue weighted by Crippen LogP contribution is 2.36. The van der Waals surface area contributed by atoms with Gasteiger partial charge in [-0.2, -0.15) is 0 Å². The number of piperidine rings is 1. The molecule has 1 aromatic carbocycles. The molecule has 0 aromatic heterocycles. The molecule has 6 nitrogen and oxygen atoms in total. The molecule has 6 heteroatoms. The zero-order valence-electron chi connectivity index (χ0n) is 13.8. The molecule has 0 radical (unpaired) electrons. The number of hydrogen-bond acceptors (Lipinski definition) is 4. The van der Waals surface area contributed by atoms with Gasteiger partial charge in [-0.1, -0.05) is 12.1 Å². The number of likely N-dealkylation sites (tertiary alicyclic amines) is 1. The van der Waals surface area contributed by atoms with E-state index in [1.54, 1.807) is 4.90 Å². The molecule has 0 spiro atoms. The zero-order valence-corrected chi connectivity index (χ0v) is 13.8. The Morgan fingerprint density at radius 1 is 1.42 bits per heavy atom. The number of fused-ring (bicyclic) bond motifs is 1. The Bertz CT molecular complexity index is 684. The first kappa shape index (κ1) is 16.4. The topological polar surface area (TPSA) is 81.9 Å². The fraction of sp³-hybridized carbons (Fsp3) is 0.444. The third-order valence-corrected chi connectivity index (χ3v) is 4.40. The number of para-hydroxylation sites is 1. The lowest BCUT2D eigenvalue weighted by molar-refractivity contribution is -0.131. The summed E-state index contributed by atoms with van der Waals surface area (Å²) < 4.78 is 11.3. The molecule has 2 aliphatic rings. The number of primary amides is 1. The zero-order chi connectivity index (χ0) is 17.1. The quantitative estimate of drug-likeness (QED) is 0.909. The fourth-order valence-electron chi connectivity index (χ4n) is 3.17. The summed E-state index contributed by atoms with van der Waals surface area (Å²) >= 11 is 0. The minimum Gasteiger partial charge on any atom is -0.490 e. The van der Waals surface area contributed by atoms with Gasteiger partial charge >= 0.3 is 0 Å². The SMILES string of the molecule is CCOc1cccc2c1OCC(C(=O)N1CCC[C@H](C(N)=O)C1)=C2. The summed E-state index contributed by atoms with van der Waals surface area (Å²) in [6.07, 6.45) is 3.38. The lowest BCUT2D eigenvalue weighted by Gasteiger charge is -2.32. The van der Waals surface area contributed by atoms with Gasteiger partial charge < -0.3 is 20.1 Å². The summed E-state index contributed by atoms with van der Waals surface area (Å²) in [5.41, 5.74) is 6.80. The molecule has 2 aliphatic heterocycles. The maximum atomic E-state index is 12.7. The molecule has 2 amide bonds. The Morgan fingerprint density at radius 2 is 2.25 bits per heavy atom. The van der Waals surface area contributed by atoms with E-state index in [1.165, 1.54) is 0 Å². The van der Waals surface area contributed by atoms with Crippen LogP contribution in [-0.4, -0.2) is 43.0 Å². The molecule has 0 bridgehead atoms. The molecular formula is C18H22N2O4. The second-order valence-electron chi connectivity index (χ2n) is 6.06. The van der Waals surface area contributed by atoms with Crippen LogP contribution in [0.2, 0.25) is 0 Å². The van der Waals surface area contributed by atoms with Crippen molar-refractivity contribution in [2.45, 2.75) is 19.8 Å². The number of ether oxygens (including phenoxy) is 2. The normalized spacial score (nSPS) is 19.8. The summed E-state index contributed by atoms with van der Waals surface area (Å²) in [6, 6.07) is 5.62. The van der Waals surface area contributed by atoms with E-state index >= 15 is 0 Å². The van der Waals surface area contributed by atoms with E-state index in [0.29, 0.717) is 36.8 Å². The first-order valence-electron chi connectivity index (χ1n) is 8.28. The predicted molar refractivity (Wildman–Crippen MR) is 89.6 cm³/mol. The summed E-state index contributed by atoms with van der Waals surface area (Å²) in [4.78, 5) is 25.8. The number of carbonyl (C=O) groups is 2. The Hall–Kier alpha value is -2.50. The highest BCUT2D eigenvalue weighted by molar-refractivity contribution is 5.99. The third kappa shape index (κ3) is 3.22. The molecule has 1 aromatic rings. The first-order chi connectivity index (χ1) is 11.6. The summed E-state index contributed by atoms with van der Waals surface area (Å²) in [5.74, 6) is 0.667. The van der Waals surface area contributed by atoms with Crippen molar-refractivity contribution in [3.63, 3.8) is 0 Å². The fourth-order valence-corrected chi connectivity index (χ4v) is 3.17. The molecule has 2 N–H and O–H groups in total.